The summed E-state index contributed by atoms with van der Waals surface area (Å²) in [5.74, 6) is 0.846. The molecule has 3 aliphatic rings. The van der Waals surface area contributed by atoms with Gasteiger partial charge in [0, 0.05) is 36.4 Å². The molecule has 3 heterocycles. The number of fused-ring (bicyclic) bond motifs is 1. The van der Waals surface area contributed by atoms with Crippen molar-refractivity contribution in [1.82, 2.24) is 14.7 Å². The normalized spacial score (nSPS) is 21.5. The SMILES string of the molecule is CC1CC(c2ccccc2C2CC2)N(c2ccc(-c3ccc(C(=O)NS(=O)(=O)c4ccc(NCC5CCC(C)(O)CC5)c([N+](=O)[O-])c4)c(Oc4cnc5[nH]ccc5c4)c3)cc2)C1. The number of nitrogens with one attached hydrogen (secondary N) is 3. The molecule has 62 heavy (non-hydrogen) atoms. The van der Waals surface area contributed by atoms with Crippen LogP contribution in [0.4, 0.5) is 17.1 Å². The first kappa shape index (κ1) is 41.1. The third-order valence-electron chi connectivity index (χ3n) is 12.7. The lowest BCUT2D eigenvalue weighted by Gasteiger charge is -2.33. The van der Waals surface area contributed by atoms with Crippen LogP contribution in [-0.2, 0) is 10.0 Å². The van der Waals surface area contributed by atoms with E-state index in [-0.39, 0.29) is 22.9 Å². The number of ether oxygens (including phenoxy) is 1. The molecular formula is C48H50N6O7S. The van der Waals surface area contributed by atoms with Crippen LogP contribution in [-0.4, -0.2) is 53.0 Å². The fraction of sp³-hybridized carbons (Fsp3) is 0.333. The van der Waals surface area contributed by atoms with Crippen LogP contribution in [0.5, 0.6) is 11.5 Å². The van der Waals surface area contributed by atoms with Gasteiger partial charge in [-0.2, -0.15) is 0 Å². The number of nitro benzene ring substituents is 1. The summed E-state index contributed by atoms with van der Waals surface area (Å²) < 4.78 is 35.9. The van der Waals surface area contributed by atoms with Gasteiger partial charge in [-0.15, -0.1) is 0 Å². The number of hydrogen-bond acceptors (Lipinski definition) is 10. The second-order valence-corrected chi connectivity index (χ2v) is 19.2. The maximum atomic E-state index is 13.9. The monoisotopic (exact) mass is 854 g/mol. The molecule has 320 valence electrons. The van der Waals surface area contributed by atoms with Crippen LogP contribution < -0.4 is 19.7 Å². The first-order valence-electron chi connectivity index (χ1n) is 21.3. The van der Waals surface area contributed by atoms with E-state index < -0.39 is 37.0 Å². The predicted octanol–water partition coefficient (Wildman–Crippen LogP) is 9.87. The number of anilines is 2. The third-order valence-corrected chi connectivity index (χ3v) is 14.0. The molecule has 1 amide bonds. The number of amides is 1. The van der Waals surface area contributed by atoms with Gasteiger partial charge in [0.25, 0.3) is 21.6 Å². The minimum atomic E-state index is -4.58. The Labute approximate surface area is 360 Å². The van der Waals surface area contributed by atoms with Crippen molar-refractivity contribution in [3.63, 3.8) is 0 Å². The van der Waals surface area contributed by atoms with Gasteiger partial charge in [-0.05, 0) is 140 Å². The zero-order valence-electron chi connectivity index (χ0n) is 34.7. The standard InChI is InChI=1S/C48H50N6O7S/c1-30-23-43(40-6-4-3-5-39(40)33-7-8-33)53(29-30)36-12-9-32(10-13-36)34-11-15-41(45(25-34)61-37-24-35-19-22-49-46(35)51-28-37)47(55)52-62(59,60)38-14-16-42(44(26-38)54(57)58)50-27-31-17-20-48(2,56)21-18-31/h3-6,9-16,19,22,24-26,28,30-31,33,43,50,56H,7-8,17-18,20-21,23,27,29H2,1-2H3,(H,49,51)(H,52,55). The quantitative estimate of drug-likeness (QED) is 0.0645. The lowest BCUT2D eigenvalue weighted by molar-refractivity contribution is -0.384. The van der Waals surface area contributed by atoms with E-state index in [1.54, 1.807) is 24.4 Å². The molecule has 4 aromatic carbocycles. The lowest BCUT2D eigenvalue weighted by atomic mass is 9.80. The second-order valence-electron chi connectivity index (χ2n) is 17.6. The Bertz CT molecular complexity index is 2760. The van der Waals surface area contributed by atoms with Gasteiger partial charge in [-0.3, -0.25) is 14.9 Å². The van der Waals surface area contributed by atoms with Crippen LogP contribution in [0, 0.1) is 22.0 Å². The fourth-order valence-electron chi connectivity index (χ4n) is 9.10. The van der Waals surface area contributed by atoms with E-state index in [4.69, 9.17) is 4.74 Å². The summed E-state index contributed by atoms with van der Waals surface area (Å²) in [7, 11) is -4.58. The molecule has 4 N–H and O–H groups in total. The molecule has 14 heteroatoms. The maximum absolute atomic E-state index is 13.9. The molecule has 2 aliphatic carbocycles. The van der Waals surface area contributed by atoms with E-state index in [0.717, 1.165) is 54.1 Å². The highest BCUT2D eigenvalue weighted by Gasteiger charge is 2.36. The van der Waals surface area contributed by atoms with Gasteiger partial charge >= 0.3 is 0 Å². The number of hydrogen-bond donors (Lipinski definition) is 4. The van der Waals surface area contributed by atoms with E-state index in [1.807, 2.05) is 25.1 Å². The van der Waals surface area contributed by atoms with Crippen LogP contribution in [0.15, 0.2) is 114 Å². The smallest absolute Gasteiger partial charge is 0.293 e. The largest absolute Gasteiger partial charge is 0.455 e. The molecule has 9 rings (SSSR count). The average Bonchev–Trinajstić information content (AvgIpc) is 3.88. The number of aromatic nitrogens is 2. The Morgan fingerprint density at radius 1 is 0.968 bits per heavy atom. The van der Waals surface area contributed by atoms with Crippen molar-refractivity contribution in [3.8, 4) is 22.6 Å². The van der Waals surface area contributed by atoms with Crippen LogP contribution in [0.3, 0.4) is 0 Å². The molecule has 3 fully saturated rings. The predicted molar refractivity (Wildman–Crippen MR) is 239 cm³/mol. The molecular weight excluding hydrogens is 805 g/mol. The van der Waals surface area contributed by atoms with Gasteiger partial charge in [0.1, 0.15) is 22.8 Å². The van der Waals surface area contributed by atoms with Crippen molar-refractivity contribution in [3.05, 3.63) is 136 Å². The minimum Gasteiger partial charge on any atom is -0.455 e. The molecule has 2 saturated carbocycles. The number of carbonyl (C=O) groups is 1. The van der Waals surface area contributed by atoms with E-state index >= 15 is 0 Å². The van der Waals surface area contributed by atoms with E-state index in [1.165, 1.54) is 48.4 Å². The minimum absolute atomic E-state index is 0.0643. The van der Waals surface area contributed by atoms with E-state index in [9.17, 15) is 28.4 Å². The topological polar surface area (TPSA) is 180 Å². The summed E-state index contributed by atoms with van der Waals surface area (Å²) in [6, 6.07) is 29.6. The molecule has 6 aromatic rings. The Hall–Kier alpha value is -6.25. The van der Waals surface area contributed by atoms with Crippen molar-refractivity contribution in [2.45, 2.75) is 81.2 Å². The van der Waals surface area contributed by atoms with Crippen molar-refractivity contribution in [1.29, 1.82) is 0 Å². The number of aromatic amines is 1. The Morgan fingerprint density at radius 3 is 2.45 bits per heavy atom. The first-order chi connectivity index (χ1) is 29.8. The van der Waals surface area contributed by atoms with Gasteiger partial charge in [-0.1, -0.05) is 49.4 Å². The number of carbonyl (C=O) groups excluding carboxylic acids is 1. The molecule has 13 nitrogen and oxygen atoms in total. The summed E-state index contributed by atoms with van der Waals surface area (Å²) in [5, 5.41) is 26.3. The highest BCUT2D eigenvalue weighted by Crippen LogP contribution is 2.47. The number of sulfonamides is 1. The molecule has 2 aromatic heterocycles. The van der Waals surface area contributed by atoms with Crippen molar-refractivity contribution in [2.24, 2.45) is 11.8 Å². The zero-order chi connectivity index (χ0) is 43.2. The van der Waals surface area contributed by atoms with Crippen molar-refractivity contribution in [2.75, 3.05) is 23.3 Å². The Kier molecular flexibility index (Phi) is 11.0. The van der Waals surface area contributed by atoms with Crippen LogP contribution >= 0.6 is 0 Å². The molecule has 2 atom stereocenters. The average molecular weight is 855 g/mol. The van der Waals surface area contributed by atoms with Crippen LogP contribution in [0.25, 0.3) is 22.2 Å². The summed E-state index contributed by atoms with van der Waals surface area (Å²) in [6.45, 7) is 5.50. The zero-order valence-corrected chi connectivity index (χ0v) is 35.5. The Morgan fingerprint density at radius 2 is 1.71 bits per heavy atom. The number of nitro groups is 1. The molecule has 1 saturated heterocycles. The van der Waals surface area contributed by atoms with Gasteiger partial charge in [0.2, 0.25) is 0 Å². The number of benzene rings is 4. The summed E-state index contributed by atoms with van der Waals surface area (Å²) in [6.07, 6.45) is 9.64. The van der Waals surface area contributed by atoms with E-state index in [0.29, 0.717) is 48.7 Å². The number of pyridine rings is 1. The first-order valence-corrected chi connectivity index (χ1v) is 22.8. The Balaban J connectivity index is 0.972. The molecule has 0 bridgehead atoms. The molecule has 2 unspecified atom stereocenters. The van der Waals surface area contributed by atoms with Gasteiger partial charge in [-0.25, -0.2) is 18.1 Å². The van der Waals surface area contributed by atoms with E-state index in [2.05, 4.69) is 68.2 Å². The fourth-order valence-corrected chi connectivity index (χ4v) is 10.1. The van der Waals surface area contributed by atoms with Gasteiger partial charge in [0.05, 0.1) is 33.2 Å². The number of nitrogens with zero attached hydrogens (tertiary/aromatic N) is 3. The maximum Gasteiger partial charge on any atom is 0.293 e. The number of H-pyrrole nitrogens is 1. The highest BCUT2D eigenvalue weighted by atomic mass is 32.2. The molecule has 0 spiro atoms. The molecule has 1 aliphatic heterocycles. The van der Waals surface area contributed by atoms with Crippen LogP contribution in [0.1, 0.15) is 92.2 Å². The summed E-state index contributed by atoms with van der Waals surface area (Å²) >= 11 is 0. The summed E-state index contributed by atoms with van der Waals surface area (Å²) in [5.41, 5.74) is 5.23. The molecule has 0 radical (unpaired) electrons. The third kappa shape index (κ3) is 8.75. The van der Waals surface area contributed by atoms with Crippen molar-refractivity contribution < 1.29 is 28.0 Å². The number of aliphatic hydroxyl groups is 1. The van der Waals surface area contributed by atoms with Gasteiger partial charge in [0.15, 0.2) is 0 Å². The highest BCUT2D eigenvalue weighted by molar-refractivity contribution is 7.90. The lowest BCUT2D eigenvalue weighted by Crippen LogP contribution is -2.32. The van der Waals surface area contributed by atoms with Gasteiger partial charge < -0.3 is 25.0 Å². The summed E-state index contributed by atoms with van der Waals surface area (Å²) in [4.78, 5) is 35.0. The second kappa shape index (κ2) is 16.6. The van der Waals surface area contributed by atoms with Crippen molar-refractivity contribution >= 4 is 44.0 Å². The van der Waals surface area contributed by atoms with Crippen LogP contribution in [0.2, 0.25) is 0 Å². The number of rotatable bonds is 13.